The van der Waals surface area contributed by atoms with Crippen molar-refractivity contribution in [2.45, 2.75) is 49.6 Å². The van der Waals surface area contributed by atoms with Crippen LogP contribution in [0.3, 0.4) is 0 Å². The van der Waals surface area contributed by atoms with Gasteiger partial charge in [0.05, 0.1) is 18.2 Å². The number of aliphatic carboxylic acids is 1. The molecule has 1 aliphatic rings. The van der Waals surface area contributed by atoms with E-state index in [2.05, 4.69) is 20.7 Å². The van der Waals surface area contributed by atoms with Crippen molar-refractivity contribution in [1.82, 2.24) is 10.6 Å². The van der Waals surface area contributed by atoms with Crippen molar-refractivity contribution in [1.29, 1.82) is 0 Å². The van der Waals surface area contributed by atoms with Gasteiger partial charge in [-0.1, -0.05) is 17.2 Å². The van der Waals surface area contributed by atoms with E-state index >= 15 is 0 Å². The number of carboxylic acid groups (broad SMARTS) is 1. The summed E-state index contributed by atoms with van der Waals surface area (Å²) in [6.45, 7) is 0.588. The Bertz CT molecular complexity index is 905. The maximum Gasteiger partial charge on any atom is 0.364 e. The van der Waals surface area contributed by atoms with Crippen molar-refractivity contribution >= 4 is 23.5 Å². The molecule has 0 bridgehead atoms. The summed E-state index contributed by atoms with van der Waals surface area (Å²) in [5.74, 6) is -5.98. The minimum atomic E-state index is -2.86. The van der Waals surface area contributed by atoms with Gasteiger partial charge in [-0.05, 0) is 17.7 Å². The van der Waals surface area contributed by atoms with Crippen molar-refractivity contribution in [2.75, 3.05) is 6.54 Å². The fourth-order valence-corrected chi connectivity index (χ4v) is 3.18. The van der Waals surface area contributed by atoms with Crippen molar-refractivity contribution in [3.05, 3.63) is 40.3 Å². The zero-order chi connectivity index (χ0) is 24.1. The number of nitrogens with one attached hydrogen (secondary N) is 2. The number of hydrogen-bond acceptors (Lipinski definition) is 9. The second-order valence-corrected chi connectivity index (χ2v) is 7.17. The van der Waals surface area contributed by atoms with Gasteiger partial charge in [0, 0.05) is 36.1 Å². The Kier molecular flexibility index (Phi) is 8.10. The van der Waals surface area contributed by atoms with Crippen LogP contribution in [0.2, 0.25) is 0 Å². The Labute approximate surface area is 181 Å². The van der Waals surface area contributed by atoms with Gasteiger partial charge in [-0.2, -0.15) is 0 Å². The smallest absolute Gasteiger partial charge is 0.364 e. The van der Waals surface area contributed by atoms with E-state index in [-0.39, 0.29) is 11.3 Å². The number of ether oxygens (including phenoxy) is 1. The lowest BCUT2D eigenvalue weighted by molar-refractivity contribution is -0.294. The molecule has 174 valence electrons. The first-order chi connectivity index (χ1) is 15.0. The zero-order valence-corrected chi connectivity index (χ0v) is 16.8. The summed E-state index contributed by atoms with van der Waals surface area (Å²) >= 11 is 0. The third kappa shape index (κ3) is 5.91. The van der Waals surface area contributed by atoms with E-state index in [1.165, 1.54) is 24.3 Å². The Morgan fingerprint density at radius 1 is 1.31 bits per heavy atom. The predicted octanol–water partition coefficient (Wildman–Crippen LogP) is -1.49. The first kappa shape index (κ1) is 25.0. The summed E-state index contributed by atoms with van der Waals surface area (Å²) in [6.07, 6.45) is -7.79. The summed E-state index contributed by atoms with van der Waals surface area (Å²) in [4.78, 5) is 37.6. The zero-order valence-electron chi connectivity index (χ0n) is 16.8. The fourth-order valence-electron chi connectivity index (χ4n) is 3.18. The number of nitrogens with zero attached hydrogens (tertiary/aromatic N) is 3. The normalized spacial score (nSPS) is 26.8. The molecule has 1 aromatic rings. The number of aliphatic hydroxyl groups is 4. The Hall–Kier alpha value is -3.26. The molecular formula is C18H23N5O9. The number of rotatable bonds is 8. The first-order valence-corrected chi connectivity index (χ1v) is 9.36. The molecule has 14 nitrogen and oxygen atoms in total. The van der Waals surface area contributed by atoms with Gasteiger partial charge in [0.25, 0.3) is 11.7 Å². The molecule has 0 unspecified atom stereocenters. The van der Waals surface area contributed by atoms with Gasteiger partial charge in [0.2, 0.25) is 5.91 Å². The summed E-state index contributed by atoms with van der Waals surface area (Å²) < 4.78 is 5.05. The highest BCUT2D eigenvalue weighted by atomic mass is 16.7. The third-order valence-corrected chi connectivity index (χ3v) is 4.78. The number of benzene rings is 1. The standard InChI is InChI=1S/C18H23N5O9/c1-8(24)21-13-11(25)6-18(31,17(29)30)32-15(13)14(27)12(26)7-20-16(28)9-2-4-10(5-3-9)22-23-19/h2-5,11-15,25-27,31H,6-7H2,1H3,(H,20,28)(H,21,24)(H,29,30)/t11-,12+,13+,14+,15+,18-/m0/s1. The van der Waals surface area contributed by atoms with Gasteiger partial charge in [-0.25, -0.2) is 4.79 Å². The number of hydrogen-bond donors (Lipinski definition) is 7. The Morgan fingerprint density at radius 3 is 2.47 bits per heavy atom. The first-order valence-electron chi connectivity index (χ1n) is 9.36. The van der Waals surface area contributed by atoms with Crippen molar-refractivity contribution in [2.24, 2.45) is 5.11 Å². The predicted molar refractivity (Wildman–Crippen MR) is 105 cm³/mol. The van der Waals surface area contributed by atoms with Crippen LogP contribution in [-0.4, -0.2) is 86.1 Å². The quantitative estimate of drug-likeness (QED) is 0.138. The molecule has 0 aromatic heterocycles. The topological polar surface area (TPSA) is 234 Å². The second kappa shape index (κ2) is 10.4. The number of carbonyl (C=O) groups excluding carboxylic acids is 2. The molecule has 2 amide bonds. The van der Waals surface area contributed by atoms with Gasteiger partial charge in [-0.3, -0.25) is 9.59 Å². The third-order valence-electron chi connectivity index (χ3n) is 4.78. The Morgan fingerprint density at radius 2 is 1.94 bits per heavy atom. The van der Waals surface area contributed by atoms with E-state index in [0.717, 1.165) is 6.92 Å². The van der Waals surface area contributed by atoms with Gasteiger partial charge in [0.1, 0.15) is 12.2 Å². The van der Waals surface area contributed by atoms with Crippen LogP contribution >= 0.6 is 0 Å². The molecular weight excluding hydrogens is 430 g/mol. The van der Waals surface area contributed by atoms with Crippen molar-refractivity contribution < 1.29 is 44.7 Å². The van der Waals surface area contributed by atoms with Gasteiger partial charge in [0.15, 0.2) is 0 Å². The molecule has 1 heterocycles. The maximum atomic E-state index is 12.2. The second-order valence-electron chi connectivity index (χ2n) is 7.17. The fraction of sp³-hybridized carbons (Fsp3) is 0.500. The SMILES string of the molecule is CC(=O)N[C@H]1[C@H]([C@H](O)[C@H](O)CNC(=O)c2ccc(N=[N+]=[N-])cc2)O[C@](O)(C(=O)O)C[C@@H]1O. The van der Waals surface area contributed by atoms with E-state index in [0.29, 0.717) is 0 Å². The molecule has 1 saturated heterocycles. The maximum absolute atomic E-state index is 12.2. The molecule has 0 spiro atoms. The van der Waals surface area contributed by atoms with Gasteiger partial charge < -0.3 is 40.9 Å². The lowest BCUT2D eigenvalue weighted by Crippen LogP contribution is -2.67. The van der Waals surface area contributed by atoms with Crippen LogP contribution in [0.1, 0.15) is 23.7 Å². The molecule has 0 saturated carbocycles. The number of amides is 2. The van der Waals surface area contributed by atoms with Crippen LogP contribution in [0, 0.1) is 0 Å². The summed E-state index contributed by atoms with van der Waals surface area (Å²) in [6, 6.07) is 4.16. The average molecular weight is 453 g/mol. The molecule has 14 heteroatoms. The van der Waals surface area contributed by atoms with E-state index in [4.69, 9.17) is 10.3 Å². The Balaban J connectivity index is 2.10. The number of carbonyl (C=O) groups is 3. The summed E-state index contributed by atoms with van der Waals surface area (Å²) in [5, 5.41) is 58.3. The van der Waals surface area contributed by atoms with Crippen molar-refractivity contribution in [3.8, 4) is 0 Å². The monoisotopic (exact) mass is 453 g/mol. The molecule has 1 fully saturated rings. The van der Waals surface area contributed by atoms with E-state index < -0.39 is 67.0 Å². The molecule has 2 rings (SSSR count). The molecule has 0 radical (unpaired) electrons. The molecule has 1 aliphatic heterocycles. The molecule has 1 aromatic carbocycles. The number of carboxylic acids is 1. The van der Waals surface area contributed by atoms with Gasteiger partial charge >= 0.3 is 5.97 Å². The highest BCUT2D eigenvalue weighted by molar-refractivity contribution is 5.94. The number of azide groups is 1. The largest absolute Gasteiger partial charge is 0.477 e. The molecule has 6 atom stereocenters. The lowest BCUT2D eigenvalue weighted by atomic mass is 9.88. The van der Waals surface area contributed by atoms with E-state index in [1.807, 2.05) is 0 Å². The average Bonchev–Trinajstić information content (AvgIpc) is 2.73. The van der Waals surface area contributed by atoms with Crippen LogP contribution in [0.4, 0.5) is 5.69 Å². The number of aliphatic hydroxyl groups excluding tert-OH is 3. The minimum Gasteiger partial charge on any atom is -0.477 e. The molecule has 0 aliphatic carbocycles. The highest BCUT2D eigenvalue weighted by Crippen LogP contribution is 2.30. The van der Waals surface area contributed by atoms with Crippen molar-refractivity contribution in [3.63, 3.8) is 0 Å². The lowest BCUT2D eigenvalue weighted by Gasteiger charge is -2.44. The van der Waals surface area contributed by atoms with Crippen LogP contribution in [0.5, 0.6) is 0 Å². The van der Waals surface area contributed by atoms with Crippen LogP contribution in [0.25, 0.3) is 10.4 Å². The van der Waals surface area contributed by atoms with Gasteiger partial charge in [-0.15, -0.1) is 0 Å². The van der Waals surface area contributed by atoms with Crippen LogP contribution in [0.15, 0.2) is 29.4 Å². The molecule has 32 heavy (non-hydrogen) atoms. The minimum absolute atomic E-state index is 0.157. The summed E-state index contributed by atoms with van der Waals surface area (Å²) in [7, 11) is 0. The van der Waals surface area contributed by atoms with Crippen LogP contribution in [-0.2, 0) is 14.3 Å². The van der Waals surface area contributed by atoms with Crippen LogP contribution < -0.4 is 10.6 Å². The molecule has 7 N–H and O–H groups in total. The van der Waals surface area contributed by atoms with E-state index in [9.17, 15) is 39.9 Å². The van der Waals surface area contributed by atoms with E-state index in [1.54, 1.807) is 0 Å². The highest BCUT2D eigenvalue weighted by Gasteiger charge is 2.53. The summed E-state index contributed by atoms with van der Waals surface area (Å²) in [5.41, 5.74) is 8.82.